The van der Waals surface area contributed by atoms with Crippen LogP contribution in [0.5, 0.6) is 11.5 Å². The van der Waals surface area contributed by atoms with Crippen molar-refractivity contribution in [3.8, 4) is 11.5 Å². The topological polar surface area (TPSA) is 81.3 Å². The molecule has 2 aliphatic rings. The van der Waals surface area contributed by atoms with Gasteiger partial charge in [-0.05, 0) is 29.8 Å². The van der Waals surface area contributed by atoms with Crippen molar-refractivity contribution in [1.82, 2.24) is 5.01 Å². The molecule has 7 nitrogen and oxygen atoms in total. The van der Waals surface area contributed by atoms with Gasteiger partial charge in [0.15, 0.2) is 11.5 Å². The molecular weight excluding hydrogens is 360 g/mol. The minimum atomic E-state index is -0.465. The van der Waals surface area contributed by atoms with Gasteiger partial charge in [0.25, 0.3) is 0 Å². The predicted molar refractivity (Wildman–Crippen MR) is 101 cm³/mol. The van der Waals surface area contributed by atoms with Gasteiger partial charge in [0.05, 0.1) is 17.3 Å². The van der Waals surface area contributed by atoms with Crippen LogP contribution in [0.4, 0.5) is 0 Å². The highest BCUT2D eigenvalue weighted by Crippen LogP contribution is 2.39. The normalized spacial score (nSPS) is 17.8. The Balaban J connectivity index is 1.55. The van der Waals surface area contributed by atoms with E-state index in [1.54, 1.807) is 12.1 Å². The van der Waals surface area contributed by atoms with Gasteiger partial charge in [-0.2, -0.15) is 5.10 Å². The fourth-order valence-corrected chi connectivity index (χ4v) is 3.61. The molecule has 0 spiro atoms. The van der Waals surface area contributed by atoms with Gasteiger partial charge in [-0.3, -0.25) is 4.79 Å². The summed E-state index contributed by atoms with van der Waals surface area (Å²) in [6.45, 7) is 1.63. The highest BCUT2D eigenvalue weighted by molar-refractivity contribution is 6.04. The quantitative estimate of drug-likeness (QED) is 0.642. The summed E-state index contributed by atoms with van der Waals surface area (Å²) in [5, 5.41) is 6.66. The van der Waals surface area contributed by atoms with Crippen LogP contribution in [0.25, 0.3) is 11.0 Å². The maximum absolute atomic E-state index is 12.5. The highest BCUT2D eigenvalue weighted by Gasteiger charge is 2.33. The lowest BCUT2D eigenvalue weighted by Crippen LogP contribution is -2.24. The number of rotatable bonds is 2. The molecule has 0 radical (unpaired) electrons. The number of carbonyl (C=O) groups excluding carboxylic acids is 1. The lowest BCUT2D eigenvalue weighted by molar-refractivity contribution is -0.130. The molecule has 0 saturated carbocycles. The van der Waals surface area contributed by atoms with E-state index in [0.717, 1.165) is 10.9 Å². The van der Waals surface area contributed by atoms with Crippen molar-refractivity contribution in [3.05, 3.63) is 70.1 Å². The van der Waals surface area contributed by atoms with E-state index in [1.165, 1.54) is 11.9 Å². The number of nitrogens with zero attached hydrogens (tertiary/aromatic N) is 2. The maximum atomic E-state index is 12.5. The second-order valence-electron chi connectivity index (χ2n) is 6.73. The van der Waals surface area contributed by atoms with Crippen LogP contribution >= 0.6 is 0 Å². The third kappa shape index (κ3) is 2.63. The summed E-state index contributed by atoms with van der Waals surface area (Å²) in [6.07, 6.45) is 0.405. The molecule has 0 aliphatic carbocycles. The lowest BCUT2D eigenvalue weighted by atomic mass is 9.98. The fourth-order valence-electron chi connectivity index (χ4n) is 3.61. The second-order valence-corrected chi connectivity index (χ2v) is 6.73. The van der Waals surface area contributed by atoms with Crippen LogP contribution < -0.4 is 15.1 Å². The first-order valence-electron chi connectivity index (χ1n) is 8.90. The standard InChI is InChI=1S/C21H16N2O5/c1-12(24)23-17(13-6-7-19-20(9-13)27-11-26-19)10-16(22-23)15-8-14-4-2-3-5-18(14)28-21(15)25/h2-9,17H,10-11H2,1H3/t17-/m1/s1. The van der Waals surface area contributed by atoms with Crippen molar-refractivity contribution in [2.24, 2.45) is 5.10 Å². The number of ether oxygens (including phenoxy) is 2. The number of para-hydroxylation sites is 1. The van der Waals surface area contributed by atoms with Gasteiger partial charge >= 0.3 is 5.63 Å². The molecule has 1 aromatic heterocycles. The molecule has 0 bridgehead atoms. The summed E-state index contributed by atoms with van der Waals surface area (Å²) in [7, 11) is 0. The van der Waals surface area contributed by atoms with E-state index < -0.39 is 5.63 Å². The van der Waals surface area contributed by atoms with Gasteiger partial charge in [-0.25, -0.2) is 9.80 Å². The van der Waals surface area contributed by atoms with Crippen LogP contribution in [-0.4, -0.2) is 23.4 Å². The molecule has 2 aromatic carbocycles. The summed E-state index contributed by atoms with van der Waals surface area (Å²) in [6, 6.07) is 14.3. The molecule has 3 heterocycles. The third-order valence-electron chi connectivity index (χ3n) is 4.97. The zero-order valence-electron chi connectivity index (χ0n) is 15.0. The van der Waals surface area contributed by atoms with Crippen molar-refractivity contribution >= 4 is 22.6 Å². The Morgan fingerprint density at radius 3 is 2.79 bits per heavy atom. The molecule has 0 N–H and O–H groups in total. The fraction of sp³-hybridized carbons (Fsp3) is 0.190. The third-order valence-corrected chi connectivity index (χ3v) is 4.97. The number of benzene rings is 2. The minimum absolute atomic E-state index is 0.180. The van der Waals surface area contributed by atoms with Crippen molar-refractivity contribution < 1.29 is 18.7 Å². The summed E-state index contributed by atoms with van der Waals surface area (Å²) in [5.41, 5.74) is 1.81. The second kappa shape index (κ2) is 6.23. The zero-order valence-corrected chi connectivity index (χ0v) is 15.0. The van der Waals surface area contributed by atoms with E-state index in [9.17, 15) is 9.59 Å². The summed E-state index contributed by atoms with van der Waals surface area (Å²) in [5.74, 6) is 1.11. The Labute approximate surface area is 159 Å². The first-order valence-corrected chi connectivity index (χ1v) is 8.90. The molecule has 0 unspecified atom stereocenters. The van der Waals surface area contributed by atoms with Crippen LogP contribution in [-0.2, 0) is 4.79 Å². The highest BCUT2D eigenvalue weighted by atomic mass is 16.7. The number of carbonyl (C=O) groups is 1. The first kappa shape index (κ1) is 16.6. The molecular formula is C21H16N2O5. The summed E-state index contributed by atoms with van der Waals surface area (Å²) < 4.78 is 16.2. The molecule has 2 aliphatic heterocycles. The smallest absolute Gasteiger partial charge is 0.345 e. The van der Waals surface area contributed by atoms with E-state index in [1.807, 2.05) is 36.4 Å². The number of amides is 1. The predicted octanol–water partition coefficient (Wildman–Crippen LogP) is 3.22. The lowest BCUT2D eigenvalue weighted by Gasteiger charge is -2.20. The van der Waals surface area contributed by atoms with Gasteiger partial charge in [0, 0.05) is 18.7 Å². The van der Waals surface area contributed by atoms with Gasteiger partial charge in [0.1, 0.15) is 5.58 Å². The molecule has 1 amide bonds. The molecule has 28 heavy (non-hydrogen) atoms. The Hall–Kier alpha value is -3.61. The molecule has 5 rings (SSSR count). The first-order chi connectivity index (χ1) is 13.6. The van der Waals surface area contributed by atoms with E-state index in [2.05, 4.69) is 5.10 Å². The van der Waals surface area contributed by atoms with Gasteiger partial charge in [-0.1, -0.05) is 24.3 Å². The van der Waals surface area contributed by atoms with Crippen molar-refractivity contribution in [1.29, 1.82) is 0 Å². The van der Waals surface area contributed by atoms with Crippen molar-refractivity contribution in [2.75, 3.05) is 6.79 Å². The average molecular weight is 376 g/mol. The number of hydrogen-bond acceptors (Lipinski definition) is 6. The number of fused-ring (bicyclic) bond motifs is 2. The van der Waals surface area contributed by atoms with Gasteiger partial charge in [0.2, 0.25) is 12.7 Å². The minimum Gasteiger partial charge on any atom is -0.454 e. The number of hydrogen-bond donors (Lipinski definition) is 0. The van der Waals surface area contributed by atoms with Gasteiger partial charge in [-0.15, -0.1) is 0 Å². The summed E-state index contributed by atoms with van der Waals surface area (Å²) >= 11 is 0. The molecule has 0 fully saturated rings. The van der Waals surface area contributed by atoms with E-state index in [0.29, 0.717) is 34.8 Å². The van der Waals surface area contributed by atoms with Crippen LogP contribution in [0, 0.1) is 0 Å². The molecule has 140 valence electrons. The SMILES string of the molecule is CC(=O)N1N=C(c2cc3ccccc3oc2=O)C[C@@H]1c1ccc2c(c1)OCO2. The van der Waals surface area contributed by atoms with Crippen molar-refractivity contribution in [3.63, 3.8) is 0 Å². The van der Waals surface area contributed by atoms with Crippen molar-refractivity contribution in [2.45, 2.75) is 19.4 Å². The Morgan fingerprint density at radius 1 is 1.11 bits per heavy atom. The molecule has 0 saturated heterocycles. The Kier molecular flexibility index (Phi) is 3.68. The largest absolute Gasteiger partial charge is 0.454 e. The van der Waals surface area contributed by atoms with E-state index >= 15 is 0 Å². The van der Waals surface area contributed by atoms with E-state index in [-0.39, 0.29) is 18.7 Å². The number of hydrazone groups is 1. The van der Waals surface area contributed by atoms with Gasteiger partial charge < -0.3 is 13.9 Å². The van der Waals surface area contributed by atoms with Crippen LogP contribution in [0.15, 0.2) is 62.8 Å². The average Bonchev–Trinajstić information content (AvgIpc) is 3.34. The van der Waals surface area contributed by atoms with Crippen LogP contribution in [0.1, 0.15) is 30.5 Å². The molecule has 1 atom stereocenters. The van der Waals surface area contributed by atoms with Crippen LogP contribution in [0.3, 0.4) is 0 Å². The monoisotopic (exact) mass is 376 g/mol. The Bertz CT molecular complexity index is 1200. The molecule has 7 heteroatoms. The molecule has 3 aromatic rings. The van der Waals surface area contributed by atoms with Crippen LogP contribution in [0.2, 0.25) is 0 Å². The maximum Gasteiger partial charge on any atom is 0.345 e. The summed E-state index contributed by atoms with van der Waals surface area (Å²) in [4.78, 5) is 24.7. The Morgan fingerprint density at radius 2 is 1.93 bits per heavy atom. The van der Waals surface area contributed by atoms with E-state index in [4.69, 9.17) is 13.9 Å². The zero-order chi connectivity index (χ0) is 19.3.